The Morgan fingerprint density at radius 1 is 1.17 bits per heavy atom. The molecule has 0 aliphatic heterocycles. The van der Waals surface area contributed by atoms with Crippen LogP contribution >= 0.6 is 0 Å². The van der Waals surface area contributed by atoms with Crippen molar-refractivity contribution < 1.29 is 26.7 Å². The van der Waals surface area contributed by atoms with Crippen LogP contribution in [0.15, 0.2) is 29.2 Å². The van der Waals surface area contributed by atoms with Crippen molar-refractivity contribution in [3.63, 3.8) is 0 Å². The van der Waals surface area contributed by atoms with E-state index in [1.54, 1.807) is 0 Å². The van der Waals surface area contributed by atoms with E-state index in [9.17, 15) is 21.6 Å². The van der Waals surface area contributed by atoms with E-state index in [0.717, 1.165) is 12.3 Å². The first-order chi connectivity index (χ1) is 8.12. The third-order valence-corrected chi connectivity index (χ3v) is 5.08. The van der Waals surface area contributed by atoms with Gasteiger partial charge in [0.2, 0.25) is 0 Å². The molecule has 1 N–H and O–H groups in total. The Morgan fingerprint density at radius 2 is 1.78 bits per heavy atom. The Labute approximate surface area is 105 Å². The molecule has 0 atom stereocenters. The Balaban J connectivity index is 3.06. The van der Waals surface area contributed by atoms with Gasteiger partial charge >= 0.3 is 5.97 Å². The van der Waals surface area contributed by atoms with Gasteiger partial charge in [0.05, 0.1) is 22.0 Å². The Bertz CT molecular complexity index is 657. The smallest absolute Gasteiger partial charge is 0.335 e. The number of carboxylic acids is 1. The quantitative estimate of drug-likeness (QED) is 0.831. The molecule has 0 amide bonds. The van der Waals surface area contributed by atoms with Crippen molar-refractivity contribution in [2.45, 2.75) is 4.90 Å². The lowest BCUT2D eigenvalue weighted by molar-refractivity contribution is 0.0696. The zero-order chi connectivity index (χ0) is 14.0. The highest BCUT2D eigenvalue weighted by Gasteiger charge is 2.18. The summed E-state index contributed by atoms with van der Waals surface area (Å²) in [7, 11) is -7.18. The second-order valence-electron chi connectivity index (χ2n) is 3.78. The lowest BCUT2D eigenvalue weighted by Gasteiger charge is -2.04. The maximum Gasteiger partial charge on any atom is 0.335 e. The molecular weight excluding hydrogens is 280 g/mol. The van der Waals surface area contributed by atoms with E-state index in [0.29, 0.717) is 0 Å². The average molecular weight is 292 g/mol. The van der Waals surface area contributed by atoms with Gasteiger partial charge in [-0.05, 0) is 18.2 Å². The summed E-state index contributed by atoms with van der Waals surface area (Å²) in [6.45, 7) is 0. The fourth-order valence-electron chi connectivity index (χ4n) is 1.20. The molecule has 0 spiro atoms. The predicted molar refractivity (Wildman–Crippen MR) is 65.2 cm³/mol. The molecule has 0 fully saturated rings. The number of rotatable bonds is 5. The molecule has 0 unspecified atom stereocenters. The Morgan fingerprint density at radius 3 is 2.28 bits per heavy atom. The number of carbonyl (C=O) groups is 1. The Hall–Kier alpha value is -1.41. The molecule has 0 saturated heterocycles. The van der Waals surface area contributed by atoms with E-state index in [4.69, 9.17) is 5.11 Å². The summed E-state index contributed by atoms with van der Waals surface area (Å²) < 4.78 is 45.4. The molecule has 1 aromatic rings. The van der Waals surface area contributed by atoms with Gasteiger partial charge in [0.1, 0.15) is 9.84 Å². The van der Waals surface area contributed by atoms with Crippen LogP contribution in [0.4, 0.5) is 0 Å². The highest BCUT2D eigenvalue weighted by atomic mass is 32.2. The second-order valence-corrected chi connectivity index (χ2v) is 8.15. The molecule has 0 radical (unpaired) electrons. The van der Waals surface area contributed by atoms with Crippen LogP contribution in [0.5, 0.6) is 0 Å². The maximum atomic E-state index is 11.8. The van der Waals surface area contributed by atoms with Crippen LogP contribution in [0.2, 0.25) is 0 Å². The fraction of sp³-hybridized carbons (Fsp3) is 0.300. The van der Waals surface area contributed by atoms with Crippen LogP contribution in [-0.4, -0.2) is 45.7 Å². The van der Waals surface area contributed by atoms with Crippen molar-refractivity contribution >= 4 is 25.6 Å². The van der Waals surface area contributed by atoms with Crippen molar-refractivity contribution in [1.29, 1.82) is 0 Å². The van der Waals surface area contributed by atoms with Gasteiger partial charge < -0.3 is 5.11 Å². The van der Waals surface area contributed by atoms with Crippen molar-refractivity contribution in [2.75, 3.05) is 17.8 Å². The summed E-state index contributed by atoms with van der Waals surface area (Å²) in [6, 6.07) is 4.82. The minimum Gasteiger partial charge on any atom is -0.478 e. The van der Waals surface area contributed by atoms with Gasteiger partial charge in [0.15, 0.2) is 9.84 Å². The van der Waals surface area contributed by atoms with Crippen LogP contribution in [-0.2, 0) is 19.7 Å². The summed E-state index contributed by atoms with van der Waals surface area (Å²) in [5.74, 6) is -2.29. The van der Waals surface area contributed by atoms with Gasteiger partial charge in [0.25, 0.3) is 0 Å². The van der Waals surface area contributed by atoms with Crippen LogP contribution in [0.25, 0.3) is 0 Å². The first-order valence-electron chi connectivity index (χ1n) is 4.86. The second kappa shape index (κ2) is 5.07. The third-order valence-electron chi connectivity index (χ3n) is 2.16. The van der Waals surface area contributed by atoms with Crippen LogP contribution in [0.1, 0.15) is 10.4 Å². The lowest BCUT2D eigenvalue weighted by atomic mass is 10.2. The average Bonchev–Trinajstić information content (AvgIpc) is 2.26. The first kappa shape index (κ1) is 14.7. The van der Waals surface area contributed by atoms with Crippen LogP contribution in [0, 0.1) is 0 Å². The molecule has 6 nitrogen and oxygen atoms in total. The molecule has 0 aromatic heterocycles. The number of carboxylic acid groups (broad SMARTS) is 1. The normalized spacial score (nSPS) is 12.3. The summed E-state index contributed by atoms with van der Waals surface area (Å²) in [5.41, 5.74) is -0.157. The summed E-state index contributed by atoms with van der Waals surface area (Å²) >= 11 is 0. The standard InChI is InChI=1S/C10H12O6S2/c1-17(13,14)5-6-18(15,16)9-4-2-3-8(7-9)10(11)12/h2-4,7H,5-6H2,1H3,(H,11,12). The SMILES string of the molecule is CS(=O)(=O)CCS(=O)(=O)c1cccc(C(=O)O)c1. The van der Waals surface area contributed by atoms with Gasteiger partial charge in [-0.15, -0.1) is 0 Å². The van der Waals surface area contributed by atoms with E-state index >= 15 is 0 Å². The zero-order valence-corrected chi connectivity index (χ0v) is 11.2. The predicted octanol–water partition coefficient (Wildman–Crippen LogP) is 0.203. The van der Waals surface area contributed by atoms with Crippen molar-refractivity contribution in [2.24, 2.45) is 0 Å². The van der Waals surface area contributed by atoms with E-state index in [-0.39, 0.29) is 10.5 Å². The minimum atomic E-state index is -3.79. The molecule has 0 aliphatic rings. The van der Waals surface area contributed by atoms with Crippen molar-refractivity contribution in [3.8, 4) is 0 Å². The van der Waals surface area contributed by atoms with Gasteiger partial charge in [-0.2, -0.15) is 0 Å². The Kier molecular flexibility index (Phi) is 4.12. The highest BCUT2D eigenvalue weighted by molar-refractivity contribution is 7.94. The molecule has 8 heteroatoms. The monoisotopic (exact) mass is 292 g/mol. The van der Waals surface area contributed by atoms with Crippen molar-refractivity contribution in [1.82, 2.24) is 0 Å². The van der Waals surface area contributed by atoms with E-state index in [2.05, 4.69) is 0 Å². The van der Waals surface area contributed by atoms with Gasteiger partial charge in [0, 0.05) is 6.26 Å². The maximum absolute atomic E-state index is 11.8. The number of benzene rings is 1. The van der Waals surface area contributed by atoms with Gasteiger partial charge in [-0.25, -0.2) is 21.6 Å². The molecule has 18 heavy (non-hydrogen) atoms. The summed E-state index contributed by atoms with van der Waals surface area (Å²) in [4.78, 5) is 10.5. The molecule has 0 aliphatic carbocycles. The summed E-state index contributed by atoms with van der Waals surface area (Å²) in [6.07, 6.45) is 0.941. The van der Waals surface area contributed by atoms with E-state index in [1.807, 2.05) is 0 Å². The molecule has 0 bridgehead atoms. The number of aromatic carboxylic acids is 1. The van der Waals surface area contributed by atoms with E-state index < -0.39 is 37.1 Å². The number of hydrogen-bond acceptors (Lipinski definition) is 5. The fourth-order valence-corrected chi connectivity index (χ4v) is 4.12. The number of sulfone groups is 2. The number of hydrogen-bond donors (Lipinski definition) is 1. The highest BCUT2D eigenvalue weighted by Crippen LogP contribution is 2.13. The molecule has 1 aromatic carbocycles. The molecule has 1 rings (SSSR count). The molecule has 0 saturated carbocycles. The van der Waals surface area contributed by atoms with Crippen LogP contribution < -0.4 is 0 Å². The molecule has 100 valence electrons. The summed E-state index contributed by atoms with van der Waals surface area (Å²) in [5, 5.41) is 8.74. The molecular formula is C10H12O6S2. The van der Waals surface area contributed by atoms with Crippen molar-refractivity contribution in [3.05, 3.63) is 29.8 Å². The zero-order valence-electron chi connectivity index (χ0n) is 9.53. The van der Waals surface area contributed by atoms with Gasteiger partial charge in [-0.3, -0.25) is 0 Å². The first-order valence-corrected chi connectivity index (χ1v) is 8.57. The van der Waals surface area contributed by atoms with E-state index in [1.165, 1.54) is 18.2 Å². The molecule has 0 heterocycles. The van der Waals surface area contributed by atoms with Crippen LogP contribution in [0.3, 0.4) is 0 Å². The van der Waals surface area contributed by atoms with Gasteiger partial charge in [-0.1, -0.05) is 6.07 Å². The third kappa shape index (κ3) is 4.11. The minimum absolute atomic E-state index is 0.157. The largest absolute Gasteiger partial charge is 0.478 e. The topological polar surface area (TPSA) is 106 Å². The lowest BCUT2D eigenvalue weighted by Crippen LogP contribution is -2.16.